The Balaban J connectivity index is 1.81. The predicted octanol–water partition coefficient (Wildman–Crippen LogP) is 3.06. The maximum atomic E-state index is 12.1. The molecule has 0 bridgehead atoms. The molecule has 25 heavy (non-hydrogen) atoms. The molecule has 0 radical (unpaired) electrons. The molecule has 1 atom stereocenters. The van der Waals surface area contributed by atoms with Gasteiger partial charge in [0.05, 0.1) is 18.0 Å². The average Bonchev–Trinajstić information content (AvgIpc) is 2.62. The minimum Gasteiger partial charge on any atom is -0.426 e. The molecule has 0 spiro atoms. The normalized spacial score (nSPS) is 22.7. The summed E-state index contributed by atoms with van der Waals surface area (Å²) < 4.78 is 5.84. The van der Waals surface area contributed by atoms with E-state index in [1.54, 1.807) is 0 Å². The molecule has 2 amide bonds. The van der Waals surface area contributed by atoms with E-state index in [1.807, 2.05) is 18.4 Å². The van der Waals surface area contributed by atoms with Crippen LogP contribution in [0, 0.1) is 0 Å². The van der Waals surface area contributed by atoms with Crippen LogP contribution >= 0.6 is 12.0 Å². The van der Waals surface area contributed by atoms with Gasteiger partial charge in [-0.05, 0) is 62.0 Å². The number of carbonyl (C=O) groups excluding carboxylic acids is 2. The topological polar surface area (TPSA) is 58.6 Å². The van der Waals surface area contributed by atoms with E-state index in [2.05, 4.69) is 23.2 Å². The third-order valence-electron chi connectivity index (χ3n) is 5.33. The molecule has 3 rings (SSSR count). The highest BCUT2D eigenvalue weighted by molar-refractivity contribution is 7.94. The van der Waals surface area contributed by atoms with Crippen LogP contribution < -0.4 is 9.50 Å². The van der Waals surface area contributed by atoms with Gasteiger partial charge >= 0.3 is 0 Å². The summed E-state index contributed by atoms with van der Waals surface area (Å²) in [6, 6.07) is 6.16. The molecular weight excluding hydrogens is 336 g/mol. The lowest BCUT2D eigenvalue weighted by atomic mass is 9.85. The highest BCUT2D eigenvalue weighted by Crippen LogP contribution is 2.38. The maximum Gasteiger partial charge on any atom is 0.234 e. The van der Waals surface area contributed by atoms with Crippen LogP contribution in [0.5, 0.6) is 5.75 Å². The number of likely N-dealkylation sites (tertiary alicyclic amines) is 1. The summed E-state index contributed by atoms with van der Waals surface area (Å²) in [6.45, 7) is 5.55. The van der Waals surface area contributed by atoms with Crippen molar-refractivity contribution in [3.05, 3.63) is 29.3 Å². The predicted molar refractivity (Wildman–Crippen MR) is 99.8 cm³/mol. The van der Waals surface area contributed by atoms with Crippen LogP contribution in [-0.2, 0) is 9.59 Å². The Bertz CT molecular complexity index is 642. The van der Waals surface area contributed by atoms with Gasteiger partial charge in [-0.15, -0.1) is 0 Å². The van der Waals surface area contributed by atoms with Crippen LogP contribution in [0.1, 0.15) is 55.6 Å². The van der Waals surface area contributed by atoms with Crippen molar-refractivity contribution in [1.29, 1.82) is 0 Å². The second kappa shape index (κ2) is 8.23. The molecule has 0 saturated carbocycles. The Morgan fingerprint density at radius 1 is 1.24 bits per heavy atom. The number of carbonyl (C=O) groups is 2. The molecule has 2 aliphatic heterocycles. The van der Waals surface area contributed by atoms with Crippen LogP contribution in [0.15, 0.2) is 18.2 Å². The van der Waals surface area contributed by atoms with Gasteiger partial charge < -0.3 is 9.08 Å². The summed E-state index contributed by atoms with van der Waals surface area (Å²) in [4.78, 5) is 26.0. The number of hydrogen-bond donors (Lipinski definition) is 1. The molecule has 0 aromatic heterocycles. The minimum absolute atomic E-state index is 0.179. The van der Waals surface area contributed by atoms with E-state index >= 15 is 0 Å². The number of nitrogens with zero attached hydrogens (tertiary/aromatic N) is 1. The van der Waals surface area contributed by atoms with Crippen molar-refractivity contribution in [2.24, 2.45) is 0 Å². The number of imide groups is 1. The van der Waals surface area contributed by atoms with Crippen molar-refractivity contribution in [3.63, 3.8) is 0 Å². The molecule has 2 fully saturated rings. The first-order valence-electron chi connectivity index (χ1n) is 9.03. The molecule has 2 heterocycles. The lowest BCUT2D eigenvalue weighted by molar-refractivity contribution is -0.134. The van der Waals surface area contributed by atoms with E-state index in [-0.39, 0.29) is 17.7 Å². The molecule has 6 heteroatoms. The first kappa shape index (κ1) is 18.3. The fourth-order valence-corrected chi connectivity index (χ4v) is 4.16. The molecule has 5 nitrogen and oxygen atoms in total. The maximum absolute atomic E-state index is 12.1. The van der Waals surface area contributed by atoms with E-state index < -0.39 is 0 Å². The summed E-state index contributed by atoms with van der Waals surface area (Å²) in [5, 5.41) is 2.44. The van der Waals surface area contributed by atoms with Crippen LogP contribution in [0.25, 0.3) is 0 Å². The Morgan fingerprint density at radius 2 is 2.00 bits per heavy atom. The van der Waals surface area contributed by atoms with Crippen LogP contribution in [0.2, 0.25) is 0 Å². The van der Waals surface area contributed by atoms with Gasteiger partial charge in [-0.3, -0.25) is 14.9 Å². The summed E-state index contributed by atoms with van der Waals surface area (Å²) in [5.74, 6) is 0.722. The largest absolute Gasteiger partial charge is 0.426 e. The third kappa shape index (κ3) is 4.18. The summed E-state index contributed by atoms with van der Waals surface area (Å²) in [5.41, 5.74) is 2.17. The van der Waals surface area contributed by atoms with Crippen molar-refractivity contribution in [2.75, 3.05) is 25.9 Å². The quantitative estimate of drug-likeness (QED) is 0.644. The molecule has 2 aliphatic rings. The van der Waals surface area contributed by atoms with Crippen LogP contribution in [0.4, 0.5) is 0 Å². The number of piperidine rings is 2. The summed E-state index contributed by atoms with van der Waals surface area (Å²) in [7, 11) is 0. The highest BCUT2D eigenvalue weighted by atomic mass is 32.2. The van der Waals surface area contributed by atoms with E-state index in [0.29, 0.717) is 18.8 Å². The van der Waals surface area contributed by atoms with Gasteiger partial charge in [0.15, 0.2) is 0 Å². The molecule has 1 unspecified atom stereocenters. The minimum atomic E-state index is -0.266. The van der Waals surface area contributed by atoms with Gasteiger partial charge in [-0.25, -0.2) is 0 Å². The molecule has 1 aromatic rings. The van der Waals surface area contributed by atoms with Crippen molar-refractivity contribution >= 4 is 23.9 Å². The number of hydrogen-bond acceptors (Lipinski definition) is 5. The zero-order chi connectivity index (χ0) is 17.8. The third-order valence-corrected chi connectivity index (χ3v) is 5.67. The second-order valence-corrected chi connectivity index (χ2v) is 7.26. The SMILES string of the molecule is CCN1CCC(c2ccc(C3CCC(=O)NC3=O)cc2OSC)CC1. The standard InChI is InChI=1S/C19H26N2O3S/c1-3-21-10-8-13(9-11-21)15-5-4-14(12-17(15)24-25-2)16-6-7-18(22)20-19(16)23/h4-5,12-13,16H,3,6-11H2,1-2H3,(H,20,22,23). The van der Waals surface area contributed by atoms with E-state index in [1.165, 1.54) is 17.6 Å². The summed E-state index contributed by atoms with van der Waals surface area (Å²) in [6.07, 6.45) is 5.14. The Kier molecular flexibility index (Phi) is 6.02. The molecule has 1 N–H and O–H groups in total. The number of nitrogens with one attached hydrogen (secondary N) is 1. The van der Waals surface area contributed by atoms with Crippen molar-refractivity contribution in [1.82, 2.24) is 10.2 Å². The van der Waals surface area contributed by atoms with Crippen molar-refractivity contribution in [3.8, 4) is 5.75 Å². The van der Waals surface area contributed by atoms with Crippen molar-refractivity contribution < 1.29 is 13.8 Å². The molecular formula is C19H26N2O3S. The van der Waals surface area contributed by atoms with Gasteiger partial charge in [0.25, 0.3) is 0 Å². The molecule has 0 aliphatic carbocycles. The molecule has 2 saturated heterocycles. The van der Waals surface area contributed by atoms with Gasteiger partial charge in [0.2, 0.25) is 11.8 Å². The van der Waals surface area contributed by atoms with E-state index in [4.69, 9.17) is 4.18 Å². The van der Waals surface area contributed by atoms with Gasteiger partial charge in [0.1, 0.15) is 5.75 Å². The Labute approximate surface area is 153 Å². The lowest BCUT2D eigenvalue weighted by Gasteiger charge is -2.32. The molecule has 1 aromatic carbocycles. The number of benzene rings is 1. The Morgan fingerprint density at radius 3 is 2.64 bits per heavy atom. The van der Waals surface area contributed by atoms with Gasteiger partial charge in [-0.1, -0.05) is 19.1 Å². The smallest absolute Gasteiger partial charge is 0.234 e. The van der Waals surface area contributed by atoms with E-state index in [0.717, 1.165) is 43.8 Å². The number of amides is 2. The highest BCUT2D eigenvalue weighted by Gasteiger charge is 2.29. The van der Waals surface area contributed by atoms with E-state index in [9.17, 15) is 9.59 Å². The Hall–Kier alpha value is -1.53. The van der Waals surface area contributed by atoms with Crippen LogP contribution in [-0.4, -0.2) is 42.6 Å². The fourth-order valence-electron chi connectivity index (χ4n) is 3.84. The van der Waals surface area contributed by atoms with Gasteiger partial charge in [-0.2, -0.15) is 0 Å². The van der Waals surface area contributed by atoms with Crippen LogP contribution in [0.3, 0.4) is 0 Å². The first-order chi connectivity index (χ1) is 12.1. The zero-order valence-corrected chi connectivity index (χ0v) is 15.7. The second-order valence-electron chi connectivity index (χ2n) is 6.76. The van der Waals surface area contributed by atoms with Gasteiger partial charge in [0, 0.05) is 12.7 Å². The fraction of sp³-hybridized carbons (Fsp3) is 0.579. The molecule has 136 valence electrons. The number of rotatable bonds is 5. The first-order valence-corrected chi connectivity index (χ1v) is 10.2. The average molecular weight is 362 g/mol. The lowest BCUT2D eigenvalue weighted by Crippen LogP contribution is -2.39. The summed E-state index contributed by atoms with van der Waals surface area (Å²) >= 11 is 1.33. The monoisotopic (exact) mass is 362 g/mol. The zero-order valence-electron chi connectivity index (χ0n) is 14.9. The van der Waals surface area contributed by atoms with Crippen molar-refractivity contribution in [2.45, 2.75) is 44.4 Å².